The highest BCUT2D eigenvalue weighted by Crippen LogP contribution is 2.28. The van der Waals surface area contributed by atoms with Gasteiger partial charge >= 0.3 is 0 Å². The maximum absolute atomic E-state index is 8.82. The van der Waals surface area contributed by atoms with Crippen molar-refractivity contribution in [2.75, 3.05) is 18.9 Å². The molecule has 1 aromatic rings. The molecule has 0 saturated heterocycles. The number of benzene rings is 1. The lowest BCUT2D eigenvalue weighted by Gasteiger charge is -2.13. The maximum Gasteiger partial charge on any atom is 0.0462 e. The summed E-state index contributed by atoms with van der Waals surface area (Å²) in [5, 5.41) is 13.1. The van der Waals surface area contributed by atoms with Gasteiger partial charge in [0.1, 0.15) is 0 Å². The Hall–Kier alpha value is -0.220. The van der Waals surface area contributed by atoms with Crippen LogP contribution in [0, 0.1) is 5.92 Å². The first-order valence-electron chi connectivity index (χ1n) is 6.37. The SMILES string of the molecule is CC(C)CNCc1c(Cl)cccc1SCCCO. The smallest absolute Gasteiger partial charge is 0.0462 e. The minimum absolute atomic E-state index is 0.245. The molecule has 0 aliphatic rings. The molecule has 18 heavy (non-hydrogen) atoms. The molecule has 0 aliphatic heterocycles. The molecule has 0 aromatic heterocycles. The van der Waals surface area contributed by atoms with Crippen molar-refractivity contribution in [2.24, 2.45) is 5.92 Å². The molecule has 2 nitrogen and oxygen atoms in total. The minimum Gasteiger partial charge on any atom is -0.396 e. The van der Waals surface area contributed by atoms with Crippen molar-refractivity contribution in [2.45, 2.75) is 31.7 Å². The van der Waals surface area contributed by atoms with Gasteiger partial charge in [-0.15, -0.1) is 11.8 Å². The van der Waals surface area contributed by atoms with Crippen LogP contribution in [0.1, 0.15) is 25.8 Å². The number of aliphatic hydroxyl groups is 1. The van der Waals surface area contributed by atoms with Gasteiger partial charge in [0.15, 0.2) is 0 Å². The van der Waals surface area contributed by atoms with Crippen molar-refractivity contribution >= 4 is 23.4 Å². The average molecular weight is 288 g/mol. The summed E-state index contributed by atoms with van der Waals surface area (Å²) in [4.78, 5) is 1.22. The van der Waals surface area contributed by atoms with Crippen molar-refractivity contribution in [1.82, 2.24) is 5.32 Å². The predicted octanol–water partition coefficient (Wildman–Crippen LogP) is 3.56. The van der Waals surface area contributed by atoms with E-state index >= 15 is 0 Å². The lowest BCUT2D eigenvalue weighted by Crippen LogP contribution is -2.19. The van der Waals surface area contributed by atoms with Crippen LogP contribution in [0.5, 0.6) is 0 Å². The Kier molecular flexibility index (Phi) is 7.75. The zero-order valence-corrected chi connectivity index (χ0v) is 12.7. The molecular formula is C14H22ClNOS. The molecule has 4 heteroatoms. The summed E-state index contributed by atoms with van der Waals surface area (Å²) in [5.74, 6) is 1.56. The Morgan fingerprint density at radius 1 is 1.39 bits per heavy atom. The summed E-state index contributed by atoms with van der Waals surface area (Å²) in [6.07, 6.45) is 0.816. The van der Waals surface area contributed by atoms with Gasteiger partial charge in [-0.1, -0.05) is 31.5 Å². The molecule has 0 unspecified atom stereocenters. The first-order chi connectivity index (χ1) is 8.65. The summed E-state index contributed by atoms with van der Waals surface area (Å²) in [7, 11) is 0. The molecule has 0 radical (unpaired) electrons. The van der Waals surface area contributed by atoms with Crippen LogP contribution in [0.15, 0.2) is 23.1 Å². The molecule has 2 N–H and O–H groups in total. The molecule has 0 heterocycles. The quantitative estimate of drug-likeness (QED) is 0.566. The number of halogens is 1. The van der Waals surface area contributed by atoms with Gasteiger partial charge in [-0.25, -0.2) is 0 Å². The van der Waals surface area contributed by atoms with Gasteiger partial charge in [-0.2, -0.15) is 0 Å². The lowest BCUT2D eigenvalue weighted by atomic mass is 10.2. The molecule has 0 amide bonds. The Bertz CT molecular complexity index is 358. The predicted molar refractivity (Wildman–Crippen MR) is 80.4 cm³/mol. The molecule has 1 aromatic carbocycles. The van der Waals surface area contributed by atoms with Crippen LogP contribution in [0.2, 0.25) is 5.02 Å². The van der Waals surface area contributed by atoms with Crippen LogP contribution >= 0.6 is 23.4 Å². The second kappa shape index (κ2) is 8.81. The van der Waals surface area contributed by atoms with E-state index < -0.39 is 0 Å². The summed E-state index contributed by atoms with van der Waals surface area (Å²) < 4.78 is 0. The standard InChI is InChI=1S/C14H22ClNOS/c1-11(2)9-16-10-12-13(15)5-3-6-14(12)18-8-4-7-17/h3,5-6,11,16-17H,4,7-10H2,1-2H3. The highest BCUT2D eigenvalue weighted by atomic mass is 35.5. The van der Waals surface area contributed by atoms with Crippen LogP contribution in [0.25, 0.3) is 0 Å². The van der Waals surface area contributed by atoms with Crippen molar-refractivity contribution in [3.63, 3.8) is 0 Å². The zero-order valence-electron chi connectivity index (χ0n) is 11.1. The Balaban J connectivity index is 2.61. The van der Waals surface area contributed by atoms with Gasteiger partial charge in [-0.3, -0.25) is 0 Å². The highest BCUT2D eigenvalue weighted by Gasteiger charge is 2.07. The van der Waals surface area contributed by atoms with E-state index in [4.69, 9.17) is 16.7 Å². The summed E-state index contributed by atoms with van der Waals surface area (Å²) in [6, 6.07) is 6.01. The maximum atomic E-state index is 8.82. The average Bonchev–Trinajstić information content (AvgIpc) is 2.32. The van der Waals surface area contributed by atoms with Crippen LogP contribution in [0.4, 0.5) is 0 Å². The van der Waals surface area contributed by atoms with Gasteiger partial charge in [-0.05, 0) is 36.6 Å². The van der Waals surface area contributed by atoms with Crippen molar-refractivity contribution in [3.05, 3.63) is 28.8 Å². The van der Waals surface area contributed by atoms with Gasteiger partial charge in [0.25, 0.3) is 0 Å². The number of hydrogen-bond donors (Lipinski definition) is 2. The molecule has 1 rings (SSSR count). The van der Waals surface area contributed by atoms with Crippen molar-refractivity contribution in [1.29, 1.82) is 0 Å². The fourth-order valence-electron chi connectivity index (χ4n) is 1.58. The van der Waals surface area contributed by atoms with Crippen molar-refractivity contribution < 1.29 is 5.11 Å². The number of hydrogen-bond acceptors (Lipinski definition) is 3. The molecular weight excluding hydrogens is 266 g/mol. The van der Waals surface area contributed by atoms with Crippen LogP contribution in [0.3, 0.4) is 0 Å². The molecule has 0 spiro atoms. The number of thioether (sulfide) groups is 1. The largest absolute Gasteiger partial charge is 0.396 e. The Morgan fingerprint density at radius 2 is 2.17 bits per heavy atom. The fourth-order valence-corrected chi connectivity index (χ4v) is 2.90. The fraction of sp³-hybridized carbons (Fsp3) is 0.571. The lowest BCUT2D eigenvalue weighted by molar-refractivity contribution is 0.296. The first-order valence-corrected chi connectivity index (χ1v) is 7.73. The summed E-state index contributed by atoms with van der Waals surface area (Å²) in [6.45, 7) is 6.42. The molecule has 102 valence electrons. The van der Waals surface area contributed by atoms with Crippen LogP contribution in [-0.4, -0.2) is 24.0 Å². The second-order valence-corrected chi connectivity index (χ2v) is 6.21. The van der Waals surface area contributed by atoms with E-state index in [1.807, 2.05) is 12.1 Å². The third-order valence-corrected chi connectivity index (χ3v) is 4.03. The van der Waals surface area contributed by atoms with Gasteiger partial charge in [0, 0.05) is 28.8 Å². The van der Waals surface area contributed by atoms with Crippen molar-refractivity contribution in [3.8, 4) is 0 Å². The molecule has 0 fully saturated rings. The number of nitrogens with one attached hydrogen (secondary N) is 1. The topological polar surface area (TPSA) is 32.3 Å². The van der Waals surface area contributed by atoms with Gasteiger partial charge in [0.05, 0.1) is 0 Å². The van der Waals surface area contributed by atoms with Crippen LogP contribution in [-0.2, 0) is 6.54 Å². The van der Waals surface area contributed by atoms with E-state index in [2.05, 4.69) is 25.2 Å². The highest BCUT2D eigenvalue weighted by molar-refractivity contribution is 7.99. The number of rotatable bonds is 8. The van der Waals surface area contributed by atoms with E-state index in [0.29, 0.717) is 5.92 Å². The van der Waals surface area contributed by atoms with E-state index in [1.165, 1.54) is 10.5 Å². The first kappa shape index (κ1) is 15.8. The summed E-state index contributed by atoms with van der Waals surface area (Å²) in [5.41, 5.74) is 1.17. The molecule has 0 bridgehead atoms. The zero-order chi connectivity index (χ0) is 13.4. The second-order valence-electron chi connectivity index (χ2n) is 4.67. The molecule has 0 saturated carbocycles. The normalized spacial score (nSPS) is 11.2. The van der Waals surface area contributed by atoms with E-state index in [0.717, 1.165) is 30.3 Å². The van der Waals surface area contributed by atoms with E-state index in [1.54, 1.807) is 11.8 Å². The Labute approximate surface area is 119 Å². The van der Waals surface area contributed by atoms with Gasteiger partial charge < -0.3 is 10.4 Å². The molecule has 0 aliphatic carbocycles. The Morgan fingerprint density at radius 3 is 2.83 bits per heavy atom. The van der Waals surface area contributed by atoms with E-state index in [9.17, 15) is 0 Å². The van der Waals surface area contributed by atoms with Crippen LogP contribution < -0.4 is 5.32 Å². The monoisotopic (exact) mass is 287 g/mol. The third-order valence-electron chi connectivity index (χ3n) is 2.49. The third kappa shape index (κ3) is 5.61. The molecule has 0 atom stereocenters. The summed E-state index contributed by atoms with van der Waals surface area (Å²) >= 11 is 8.01. The van der Waals surface area contributed by atoms with E-state index in [-0.39, 0.29) is 6.61 Å². The van der Waals surface area contributed by atoms with Gasteiger partial charge in [0.2, 0.25) is 0 Å². The number of aliphatic hydroxyl groups excluding tert-OH is 1. The minimum atomic E-state index is 0.245.